The fraction of sp³-hybridized carbons (Fsp3) is 0.909. The van der Waals surface area contributed by atoms with Crippen LogP contribution >= 0.6 is 11.8 Å². The summed E-state index contributed by atoms with van der Waals surface area (Å²) in [4.78, 5) is 14.3. The standard InChI is InChI=1S/C11H20N2OS/c1-9-8-10(2-3-12-9)11(14)13-4-6-15-7-5-13/h9-10,12H,2-8H2,1H3. The maximum atomic E-state index is 12.2. The topological polar surface area (TPSA) is 32.3 Å². The van der Waals surface area contributed by atoms with E-state index >= 15 is 0 Å². The third-order valence-electron chi connectivity index (χ3n) is 3.30. The minimum atomic E-state index is 0.282. The molecule has 0 aromatic carbocycles. The highest BCUT2D eigenvalue weighted by Gasteiger charge is 2.28. The van der Waals surface area contributed by atoms with Crippen molar-refractivity contribution in [2.75, 3.05) is 31.1 Å². The molecule has 2 aliphatic rings. The molecule has 0 spiro atoms. The monoisotopic (exact) mass is 228 g/mol. The molecule has 2 heterocycles. The van der Waals surface area contributed by atoms with Crippen molar-refractivity contribution in [2.45, 2.75) is 25.8 Å². The summed E-state index contributed by atoms with van der Waals surface area (Å²) in [5.41, 5.74) is 0. The fourth-order valence-electron chi connectivity index (χ4n) is 2.40. The molecule has 0 radical (unpaired) electrons. The first-order valence-electron chi connectivity index (χ1n) is 5.87. The Morgan fingerprint density at radius 3 is 2.80 bits per heavy atom. The van der Waals surface area contributed by atoms with Gasteiger partial charge in [-0.1, -0.05) is 0 Å². The zero-order chi connectivity index (χ0) is 10.7. The van der Waals surface area contributed by atoms with Crippen molar-refractivity contribution in [1.29, 1.82) is 0 Å². The highest BCUT2D eigenvalue weighted by atomic mass is 32.2. The lowest BCUT2D eigenvalue weighted by molar-refractivity contribution is -0.136. The van der Waals surface area contributed by atoms with E-state index in [2.05, 4.69) is 17.1 Å². The Balaban J connectivity index is 1.88. The Bertz CT molecular complexity index is 229. The van der Waals surface area contributed by atoms with Gasteiger partial charge in [-0.2, -0.15) is 11.8 Å². The van der Waals surface area contributed by atoms with Crippen LogP contribution in [0.25, 0.3) is 0 Å². The van der Waals surface area contributed by atoms with E-state index in [0.717, 1.165) is 44.0 Å². The number of piperidine rings is 1. The molecule has 1 N–H and O–H groups in total. The Kier molecular flexibility index (Phi) is 3.92. The summed E-state index contributed by atoms with van der Waals surface area (Å²) in [6, 6.07) is 0.506. The Hall–Kier alpha value is -0.220. The number of carbonyl (C=O) groups excluding carboxylic acids is 1. The van der Waals surface area contributed by atoms with Crippen LogP contribution in [0.15, 0.2) is 0 Å². The van der Waals surface area contributed by atoms with Crippen molar-refractivity contribution in [2.24, 2.45) is 5.92 Å². The van der Waals surface area contributed by atoms with Crippen molar-refractivity contribution in [3.8, 4) is 0 Å². The van der Waals surface area contributed by atoms with E-state index in [4.69, 9.17) is 0 Å². The van der Waals surface area contributed by atoms with Crippen LogP contribution in [0, 0.1) is 5.92 Å². The highest BCUT2D eigenvalue weighted by Crippen LogP contribution is 2.20. The van der Waals surface area contributed by atoms with Crippen LogP contribution in [-0.4, -0.2) is 48.0 Å². The lowest BCUT2D eigenvalue weighted by Crippen LogP contribution is -2.46. The van der Waals surface area contributed by atoms with Gasteiger partial charge in [0.15, 0.2) is 0 Å². The summed E-state index contributed by atoms with van der Waals surface area (Å²) in [5, 5.41) is 3.39. The molecule has 2 atom stereocenters. The van der Waals surface area contributed by atoms with Crippen LogP contribution < -0.4 is 5.32 Å². The number of nitrogens with zero attached hydrogens (tertiary/aromatic N) is 1. The Morgan fingerprint density at radius 1 is 1.40 bits per heavy atom. The van der Waals surface area contributed by atoms with Crippen LogP contribution in [0.5, 0.6) is 0 Å². The van der Waals surface area contributed by atoms with Gasteiger partial charge in [0.1, 0.15) is 0 Å². The van der Waals surface area contributed by atoms with Gasteiger partial charge in [-0.15, -0.1) is 0 Å². The molecular weight excluding hydrogens is 208 g/mol. The van der Waals surface area contributed by atoms with Gasteiger partial charge >= 0.3 is 0 Å². The smallest absolute Gasteiger partial charge is 0.225 e. The summed E-state index contributed by atoms with van der Waals surface area (Å²) in [6.07, 6.45) is 2.04. The van der Waals surface area contributed by atoms with Crippen molar-refractivity contribution in [3.05, 3.63) is 0 Å². The fourth-order valence-corrected chi connectivity index (χ4v) is 3.30. The predicted octanol–water partition coefficient (Wildman–Crippen LogP) is 0.950. The molecule has 2 saturated heterocycles. The number of carbonyl (C=O) groups is 1. The second kappa shape index (κ2) is 5.21. The molecule has 0 saturated carbocycles. The summed E-state index contributed by atoms with van der Waals surface area (Å²) < 4.78 is 0. The number of nitrogens with one attached hydrogen (secondary N) is 1. The molecule has 4 heteroatoms. The molecule has 15 heavy (non-hydrogen) atoms. The van der Waals surface area contributed by atoms with Gasteiger partial charge in [-0.25, -0.2) is 0 Å². The quantitative estimate of drug-likeness (QED) is 0.725. The molecular formula is C11H20N2OS. The lowest BCUT2D eigenvalue weighted by atomic mass is 9.92. The molecule has 1 amide bonds. The van der Waals surface area contributed by atoms with Gasteiger partial charge in [0.2, 0.25) is 5.91 Å². The average Bonchev–Trinajstić information content (AvgIpc) is 2.29. The molecule has 0 bridgehead atoms. The van der Waals surface area contributed by atoms with Gasteiger partial charge in [0, 0.05) is 36.6 Å². The van der Waals surface area contributed by atoms with Gasteiger partial charge < -0.3 is 10.2 Å². The molecule has 2 aliphatic heterocycles. The van der Waals surface area contributed by atoms with Crippen LogP contribution in [0.3, 0.4) is 0 Å². The van der Waals surface area contributed by atoms with Crippen molar-refractivity contribution < 1.29 is 4.79 Å². The number of rotatable bonds is 1. The normalized spacial score (nSPS) is 32.7. The minimum Gasteiger partial charge on any atom is -0.341 e. The molecule has 0 aromatic rings. The van der Waals surface area contributed by atoms with E-state index in [-0.39, 0.29) is 5.92 Å². The van der Waals surface area contributed by atoms with Gasteiger partial charge in [0.25, 0.3) is 0 Å². The summed E-state index contributed by atoms with van der Waals surface area (Å²) in [6.45, 7) is 5.09. The molecule has 86 valence electrons. The molecule has 2 unspecified atom stereocenters. The minimum absolute atomic E-state index is 0.282. The van der Waals surface area contributed by atoms with Crippen molar-refractivity contribution in [3.63, 3.8) is 0 Å². The van der Waals surface area contributed by atoms with E-state index in [1.807, 2.05) is 11.8 Å². The van der Waals surface area contributed by atoms with Crippen molar-refractivity contribution in [1.82, 2.24) is 10.2 Å². The van der Waals surface area contributed by atoms with Crippen LogP contribution in [0.2, 0.25) is 0 Å². The zero-order valence-corrected chi connectivity index (χ0v) is 10.2. The van der Waals surface area contributed by atoms with Crippen LogP contribution in [-0.2, 0) is 4.79 Å². The average molecular weight is 228 g/mol. The second-order valence-electron chi connectivity index (χ2n) is 4.51. The second-order valence-corrected chi connectivity index (χ2v) is 5.74. The SMILES string of the molecule is CC1CC(C(=O)N2CCSCC2)CCN1. The van der Waals surface area contributed by atoms with E-state index in [1.165, 1.54) is 0 Å². The van der Waals surface area contributed by atoms with Gasteiger partial charge in [-0.05, 0) is 26.3 Å². The van der Waals surface area contributed by atoms with E-state index in [9.17, 15) is 4.79 Å². The summed E-state index contributed by atoms with van der Waals surface area (Å²) in [5.74, 6) is 2.92. The summed E-state index contributed by atoms with van der Waals surface area (Å²) >= 11 is 1.96. The number of amides is 1. The van der Waals surface area contributed by atoms with Crippen LogP contribution in [0.1, 0.15) is 19.8 Å². The molecule has 2 rings (SSSR count). The van der Waals surface area contributed by atoms with E-state index in [0.29, 0.717) is 11.9 Å². The molecule has 0 aromatic heterocycles. The first-order valence-corrected chi connectivity index (χ1v) is 7.03. The Labute approximate surface area is 96.0 Å². The lowest BCUT2D eigenvalue weighted by Gasteiger charge is -2.33. The number of hydrogen-bond donors (Lipinski definition) is 1. The molecule has 3 nitrogen and oxygen atoms in total. The van der Waals surface area contributed by atoms with E-state index in [1.54, 1.807) is 0 Å². The zero-order valence-electron chi connectivity index (χ0n) is 9.37. The van der Waals surface area contributed by atoms with E-state index < -0.39 is 0 Å². The largest absolute Gasteiger partial charge is 0.341 e. The summed E-state index contributed by atoms with van der Waals surface area (Å²) in [7, 11) is 0. The predicted molar refractivity (Wildman–Crippen MR) is 64.1 cm³/mol. The maximum absolute atomic E-state index is 12.2. The number of hydrogen-bond acceptors (Lipinski definition) is 3. The first-order chi connectivity index (χ1) is 7.27. The highest BCUT2D eigenvalue weighted by molar-refractivity contribution is 7.99. The van der Waals surface area contributed by atoms with Crippen molar-refractivity contribution >= 4 is 17.7 Å². The first kappa shape index (κ1) is 11.3. The Morgan fingerprint density at radius 2 is 2.13 bits per heavy atom. The molecule has 0 aliphatic carbocycles. The van der Waals surface area contributed by atoms with Gasteiger partial charge in [-0.3, -0.25) is 4.79 Å². The molecule has 2 fully saturated rings. The third-order valence-corrected chi connectivity index (χ3v) is 4.24. The number of thioether (sulfide) groups is 1. The van der Waals surface area contributed by atoms with Crippen LogP contribution in [0.4, 0.5) is 0 Å². The maximum Gasteiger partial charge on any atom is 0.225 e. The van der Waals surface area contributed by atoms with Gasteiger partial charge in [0.05, 0.1) is 0 Å². The third kappa shape index (κ3) is 2.88.